The molecule has 0 spiro atoms. The molecule has 2 amide bonds. The van der Waals surface area contributed by atoms with Crippen LogP contribution in [0, 0.1) is 11.7 Å². The lowest BCUT2D eigenvalue weighted by Crippen LogP contribution is -2.44. The van der Waals surface area contributed by atoms with Crippen LogP contribution in [0.5, 0.6) is 0 Å². The number of anilines is 2. The summed E-state index contributed by atoms with van der Waals surface area (Å²) in [5.74, 6) is -3.71. The molecule has 1 atom stereocenters. The average Bonchev–Trinajstić information content (AvgIpc) is 2.71. The molecule has 2 aromatic carbocycles. The van der Waals surface area contributed by atoms with Gasteiger partial charge < -0.3 is 10.1 Å². The summed E-state index contributed by atoms with van der Waals surface area (Å²) >= 11 is 0. The summed E-state index contributed by atoms with van der Waals surface area (Å²) in [6.07, 6.45) is -0.247. The molecule has 1 N–H and O–H groups in total. The minimum atomic E-state index is -0.855. The number of hydrogen-bond acceptors (Lipinski definition) is 5. The van der Waals surface area contributed by atoms with Crippen LogP contribution in [0.2, 0.25) is 0 Å². The molecule has 0 aromatic heterocycles. The van der Waals surface area contributed by atoms with Crippen molar-refractivity contribution >= 4 is 34.9 Å². The second-order valence-corrected chi connectivity index (χ2v) is 6.66. The zero-order valence-electron chi connectivity index (χ0n) is 15.7. The van der Waals surface area contributed by atoms with E-state index in [0.29, 0.717) is 11.4 Å². The number of carbonyl (C=O) groups is 4. The zero-order valence-corrected chi connectivity index (χ0v) is 15.7. The molecule has 8 heteroatoms. The van der Waals surface area contributed by atoms with E-state index in [1.807, 2.05) is 0 Å². The van der Waals surface area contributed by atoms with Crippen molar-refractivity contribution < 1.29 is 28.3 Å². The monoisotopic (exact) mass is 398 g/mol. The predicted octanol–water partition coefficient (Wildman–Crippen LogP) is 2.56. The fourth-order valence-corrected chi connectivity index (χ4v) is 2.97. The number of fused-ring (bicyclic) bond motifs is 1. The third kappa shape index (κ3) is 4.66. The number of ether oxygens (including phenoxy) is 1. The second kappa shape index (κ2) is 8.64. The van der Waals surface area contributed by atoms with E-state index >= 15 is 0 Å². The van der Waals surface area contributed by atoms with Crippen LogP contribution in [0.15, 0.2) is 48.5 Å². The van der Waals surface area contributed by atoms with Crippen molar-refractivity contribution in [3.05, 3.63) is 59.9 Å². The molecule has 3 rings (SSSR count). The number of hydrogen-bond donors (Lipinski definition) is 1. The molecule has 0 bridgehead atoms. The topological polar surface area (TPSA) is 92.8 Å². The highest BCUT2D eigenvalue weighted by Gasteiger charge is 2.28. The van der Waals surface area contributed by atoms with Crippen LogP contribution in [0.1, 0.15) is 23.7 Å². The van der Waals surface area contributed by atoms with Gasteiger partial charge in [0.15, 0.2) is 12.4 Å². The molecule has 7 nitrogen and oxygen atoms in total. The fourth-order valence-electron chi connectivity index (χ4n) is 2.97. The number of nitrogens with one attached hydrogen (secondary N) is 1. The first kappa shape index (κ1) is 20.2. The number of amides is 2. The molecule has 0 aliphatic carbocycles. The standard InChI is InChI=1S/C21H19FN2O5/c1-13(10-18(25)14-6-2-3-7-15(14)22)21(28)29-12-20(27)24-11-19(26)23-16-8-4-5-9-17(16)24/h2-9,13H,10-12H2,1H3,(H,23,26). The molecule has 0 saturated carbocycles. The Bertz CT molecular complexity index is 975. The summed E-state index contributed by atoms with van der Waals surface area (Å²) in [5.41, 5.74) is 0.905. The van der Waals surface area contributed by atoms with Gasteiger partial charge in [-0.15, -0.1) is 0 Å². The van der Waals surface area contributed by atoms with Gasteiger partial charge in [-0.3, -0.25) is 24.1 Å². The van der Waals surface area contributed by atoms with Crippen molar-refractivity contribution in [1.82, 2.24) is 0 Å². The van der Waals surface area contributed by atoms with E-state index in [-0.39, 0.29) is 24.4 Å². The number of ketones is 1. The van der Waals surface area contributed by atoms with E-state index < -0.39 is 36.0 Å². The first-order valence-electron chi connectivity index (χ1n) is 9.00. The van der Waals surface area contributed by atoms with Gasteiger partial charge in [-0.1, -0.05) is 31.2 Å². The normalized spacial score (nSPS) is 13.9. The van der Waals surface area contributed by atoms with Gasteiger partial charge in [0.05, 0.1) is 22.9 Å². The minimum Gasteiger partial charge on any atom is -0.455 e. The van der Waals surface area contributed by atoms with Gasteiger partial charge in [-0.2, -0.15) is 0 Å². The number of para-hydroxylation sites is 2. The molecule has 29 heavy (non-hydrogen) atoms. The zero-order chi connectivity index (χ0) is 21.0. The van der Waals surface area contributed by atoms with Crippen LogP contribution in [-0.2, 0) is 19.1 Å². The molecule has 1 unspecified atom stereocenters. The Labute approximate surface area is 166 Å². The van der Waals surface area contributed by atoms with Gasteiger partial charge in [0.25, 0.3) is 5.91 Å². The number of halogens is 1. The molecule has 2 aromatic rings. The predicted molar refractivity (Wildman–Crippen MR) is 103 cm³/mol. The summed E-state index contributed by atoms with van der Waals surface area (Å²) < 4.78 is 18.7. The lowest BCUT2D eigenvalue weighted by Gasteiger charge is -2.29. The lowest BCUT2D eigenvalue weighted by molar-refractivity contribution is -0.151. The average molecular weight is 398 g/mol. The SMILES string of the molecule is CC(CC(=O)c1ccccc1F)C(=O)OCC(=O)N1CC(=O)Nc2ccccc21. The molecular weight excluding hydrogens is 379 g/mol. The highest BCUT2D eigenvalue weighted by Crippen LogP contribution is 2.28. The molecule has 1 aliphatic heterocycles. The molecule has 1 heterocycles. The van der Waals surface area contributed by atoms with Crippen molar-refractivity contribution in [2.75, 3.05) is 23.4 Å². The Hall–Kier alpha value is -3.55. The van der Waals surface area contributed by atoms with E-state index in [1.54, 1.807) is 24.3 Å². The van der Waals surface area contributed by atoms with E-state index in [1.165, 1.54) is 36.1 Å². The van der Waals surface area contributed by atoms with Crippen LogP contribution >= 0.6 is 0 Å². The number of nitrogens with zero attached hydrogens (tertiary/aromatic N) is 1. The number of carbonyl (C=O) groups excluding carboxylic acids is 4. The summed E-state index contributed by atoms with van der Waals surface area (Å²) in [4.78, 5) is 49.8. The third-order valence-electron chi connectivity index (χ3n) is 4.48. The maximum Gasteiger partial charge on any atom is 0.309 e. The molecule has 1 aliphatic rings. The van der Waals surface area contributed by atoms with Crippen LogP contribution in [0.25, 0.3) is 0 Å². The van der Waals surface area contributed by atoms with Crippen molar-refractivity contribution in [2.45, 2.75) is 13.3 Å². The maximum atomic E-state index is 13.7. The van der Waals surface area contributed by atoms with E-state index in [0.717, 1.165) is 0 Å². The van der Waals surface area contributed by atoms with Gasteiger partial charge in [-0.25, -0.2) is 4.39 Å². The van der Waals surface area contributed by atoms with Crippen molar-refractivity contribution in [3.8, 4) is 0 Å². The van der Waals surface area contributed by atoms with Crippen LogP contribution in [0.4, 0.5) is 15.8 Å². The second-order valence-electron chi connectivity index (χ2n) is 6.66. The Morgan fingerprint density at radius 2 is 1.83 bits per heavy atom. The number of esters is 1. The Morgan fingerprint density at radius 1 is 1.14 bits per heavy atom. The summed E-state index contributed by atoms with van der Waals surface area (Å²) in [5, 5.41) is 2.66. The lowest BCUT2D eigenvalue weighted by atomic mass is 9.99. The Morgan fingerprint density at radius 3 is 2.59 bits per heavy atom. The van der Waals surface area contributed by atoms with E-state index in [4.69, 9.17) is 4.74 Å². The van der Waals surface area contributed by atoms with Crippen LogP contribution < -0.4 is 10.2 Å². The molecular formula is C21H19FN2O5. The van der Waals surface area contributed by atoms with Gasteiger partial charge in [0.1, 0.15) is 12.4 Å². The van der Waals surface area contributed by atoms with Gasteiger partial charge in [0.2, 0.25) is 5.91 Å². The number of rotatable bonds is 6. The fraction of sp³-hybridized carbons (Fsp3) is 0.238. The van der Waals surface area contributed by atoms with Crippen LogP contribution in [0.3, 0.4) is 0 Å². The smallest absolute Gasteiger partial charge is 0.309 e. The van der Waals surface area contributed by atoms with E-state index in [9.17, 15) is 23.6 Å². The van der Waals surface area contributed by atoms with Crippen molar-refractivity contribution in [1.29, 1.82) is 0 Å². The molecule has 0 fully saturated rings. The van der Waals surface area contributed by atoms with Gasteiger partial charge >= 0.3 is 5.97 Å². The minimum absolute atomic E-state index is 0.0980. The summed E-state index contributed by atoms with van der Waals surface area (Å²) in [6, 6.07) is 12.3. The quantitative estimate of drug-likeness (QED) is 0.596. The first-order chi connectivity index (χ1) is 13.9. The summed E-state index contributed by atoms with van der Waals surface area (Å²) in [7, 11) is 0. The highest BCUT2D eigenvalue weighted by molar-refractivity contribution is 6.10. The molecule has 0 saturated heterocycles. The number of benzene rings is 2. The molecule has 150 valence electrons. The largest absolute Gasteiger partial charge is 0.455 e. The molecule has 0 radical (unpaired) electrons. The summed E-state index contributed by atoms with van der Waals surface area (Å²) in [6.45, 7) is 0.711. The van der Waals surface area contributed by atoms with Gasteiger partial charge in [0, 0.05) is 6.42 Å². The highest BCUT2D eigenvalue weighted by atomic mass is 19.1. The maximum absolute atomic E-state index is 13.7. The Kier molecular flexibility index (Phi) is 6.01. The van der Waals surface area contributed by atoms with Crippen molar-refractivity contribution in [3.63, 3.8) is 0 Å². The van der Waals surface area contributed by atoms with Crippen molar-refractivity contribution in [2.24, 2.45) is 5.92 Å². The number of Topliss-reactive ketones (excluding diaryl/α,β-unsaturated/α-hetero) is 1. The Balaban J connectivity index is 1.58. The third-order valence-corrected chi connectivity index (χ3v) is 4.48. The first-order valence-corrected chi connectivity index (χ1v) is 9.00. The van der Waals surface area contributed by atoms with Gasteiger partial charge in [-0.05, 0) is 24.3 Å². The van der Waals surface area contributed by atoms with Crippen LogP contribution in [-0.4, -0.2) is 36.7 Å². The van der Waals surface area contributed by atoms with E-state index in [2.05, 4.69) is 5.32 Å².